The number of sulfonamides is 1. The fraction of sp³-hybridized carbons (Fsp3) is 0.400. The van der Waals surface area contributed by atoms with E-state index in [1.807, 2.05) is 6.92 Å². The average Bonchev–Trinajstić information content (AvgIpc) is 3.44. The fourth-order valence-electron chi connectivity index (χ4n) is 5.41. The van der Waals surface area contributed by atoms with E-state index in [4.69, 9.17) is 30.5 Å². The van der Waals surface area contributed by atoms with Crippen molar-refractivity contribution in [2.45, 2.75) is 68.7 Å². The quantitative estimate of drug-likeness (QED) is 0.121. The van der Waals surface area contributed by atoms with Gasteiger partial charge in [-0.25, -0.2) is 37.0 Å². The molecule has 0 radical (unpaired) electrons. The Hall–Kier alpha value is -5.41. The summed E-state index contributed by atoms with van der Waals surface area (Å²) < 4.78 is 85.6. The highest BCUT2D eigenvalue weighted by atomic mass is 35.5. The van der Waals surface area contributed by atoms with Crippen molar-refractivity contribution in [3.05, 3.63) is 58.5 Å². The number of urea groups is 1. The molecule has 22 heteroatoms. The number of nitrogens with zero attached hydrogens (tertiary/aromatic N) is 4. The standard InChI is InChI=1S/C21H23ClFNO5.C14H17N5O7S2/c1-2-3-6-9-28-19(25)12-29-18-11-17(16(23)10-15(18)22)24-20(26)13-7-4-5-8-14(13)21(24)27;1-4-27(21,22)9-6-5-7-15-12(9)28(23,24)19-14(20)18-13-16-10(25-2)8-11(17-13)26-3/h10-11H,2-9,12H2,1H3;5-8H,4H2,1-3H3,(H2,16,17,18,19,20). The number of benzene rings is 1. The smallest absolute Gasteiger partial charge is 0.344 e. The monoisotopic (exact) mass is 854 g/mol. The molecule has 0 atom stereocenters. The second-order valence-corrected chi connectivity index (χ2v) is 16.4. The molecule has 0 bridgehead atoms. The lowest BCUT2D eigenvalue weighted by Crippen LogP contribution is -2.36. The highest BCUT2D eigenvalue weighted by Crippen LogP contribution is 2.39. The Morgan fingerprint density at radius 2 is 1.58 bits per heavy atom. The Morgan fingerprint density at radius 3 is 2.16 bits per heavy atom. The van der Waals surface area contributed by atoms with Crippen molar-refractivity contribution in [1.82, 2.24) is 19.7 Å². The Bertz CT molecular complexity index is 2220. The molecule has 57 heavy (non-hydrogen) atoms. The van der Waals surface area contributed by atoms with Gasteiger partial charge in [0.15, 0.2) is 21.5 Å². The maximum Gasteiger partial charge on any atom is 0.344 e. The van der Waals surface area contributed by atoms with Crippen LogP contribution in [-0.2, 0) is 39.0 Å². The van der Waals surface area contributed by atoms with Gasteiger partial charge in [0.2, 0.25) is 17.7 Å². The first-order valence-electron chi connectivity index (χ1n) is 17.4. The molecule has 4 amide bonds. The van der Waals surface area contributed by atoms with Crippen molar-refractivity contribution >= 4 is 66.9 Å². The number of sulfone groups is 1. The lowest BCUT2D eigenvalue weighted by atomic mass is 9.93. The number of pyridine rings is 1. The van der Waals surface area contributed by atoms with E-state index in [1.165, 1.54) is 39.3 Å². The van der Waals surface area contributed by atoms with Crippen LogP contribution in [0.3, 0.4) is 0 Å². The van der Waals surface area contributed by atoms with E-state index in [0.717, 1.165) is 55.3 Å². The molecule has 1 aliphatic carbocycles. The molecule has 308 valence electrons. The number of ether oxygens (including phenoxy) is 4. The van der Waals surface area contributed by atoms with Crippen LogP contribution < -0.4 is 29.1 Å². The molecule has 18 nitrogen and oxygen atoms in total. The minimum Gasteiger partial charge on any atom is -0.481 e. The summed E-state index contributed by atoms with van der Waals surface area (Å²) in [5.41, 5.74) is 0.674. The maximum atomic E-state index is 14.5. The number of carbonyl (C=O) groups excluding carboxylic acids is 4. The van der Waals surface area contributed by atoms with Crippen molar-refractivity contribution in [2.24, 2.45) is 0 Å². The zero-order valence-electron chi connectivity index (χ0n) is 31.3. The Kier molecular flexibility index (Phi) is 15.3. The number of unbranched alkanes of at least 4 members (excludes halogenated alkanes) is 2. The molecule has 2 N–H and O–H groups in total. The molecule has 5 rings (SSSR count). The van der Waals surface area contributed by atoms with Crippen molar-refractivity contribution < 1.29 is 59.4 Å². The van der Waals surface area contributed by atoms with Crippen LogP contribution in [0.1, 0.15) is 58.8 Å². The van der Waals surface area contributed by atoms with Gasteiger partial charge in [-0.2, -0.15) is 18.4 Å². The van der Waals surface area contributed by atoms with E-state index < -0.39 is 66.0 Å². The molecule has 2 aliphatic rings. The number of rotatable bonds is 15. The summed E-state index contributed by atoms with van der Waals surface area (Å²) in [5.74, 6) is -2.92. The van der Waals surface area contributed by atoms with Crippen LogP contribution in [0, 0.1) is 5.82 Å². The van der Waals surface area contributed by atoms with Gasteiger partial charge in [-0.1, -0.05) is 38.3 Å². The third-order valence-corrected chi connectivity index (χ3v) is 11.7. The maximum absolute atomic E-state index is 14.5. The van der Waals surface area contributed by atoms with Gasteiger partial charge in [0, 0.05) is 23.4 Å². The van der Waals surface area contributed by atoms with Crippen molar-refractivity contribution in [2.75, 3.05) is 43.4 Å². The molecule has 1 aliphatic heterocycles. The average molecular weight is 855 g/mol. The van der Waals surface area contributed by atoms with Gasteiger partial charge in [0.25, 0.3) is 21.8 Å². The number of carbonyl (C=O) groups is 4. The summed E-state index contributed by atoms with van der Waals surface area (Å²) >= 11 is 6.02. The normalized spacial score (nSPS) is 14.0. The van der Waals surface area contributed by atoms with Gasteiger partial charge >= 0.3 is 12.0 Å². The summed E-state index contributed by atoms with van der Waals surface area (Å²) in [5, 5.41) is 1.24. The molecule has 0 unspecified atom stereocenters. The Morgan fingerprint density at radius 1 is 0.947 bits per heavy atom. The number of amides is 4. The molecule has 0 saturated heterocycles. The third-order valence-electron chi connectivity index (χ3n) is 8.24. The summed E-state index contributed by atoms with van der Waals surface area (Å²) in [6.07, 6.45) is 6.49. The van der Waals surface area contributed by atoms with Gasteiger partial charge in [0.05, 0.1) is 43.4 Å². The summed E-state index contributed by atoms with van der Waals surface area (Å²) in [4.78, 5) is 60.8. The number of nitrogens with one attached hydrogen (secondary N) is 2. The summed E-state index contributed by atoms with van der Waals surface area (Å²) in [7, 11) is -5.85. The number of aromatic nitrogens is 3. The Labute approximate surface area is 333 Å². The van der Waals surface area contributed by atoms with Gasteiger partial charge in [0.1, 0.15) is 16.5 Å². The largest absolute Gasteiger partial charge is 0.481 e. The van der Waals surface area contributed by atoms with E-state index in [2.05, 4.69) is 20.3 Å². The second-order valence-electron chi connectivity index (χ2n) is 12.1. The van der Waals surface area contributed by atoms with Crippen molar-refractivity contribution in [1.29, 1.82) is 0 Å². The number of hydrogen-bond acceptors (Lipinski definition) is 15. The first-order chi connectivity index (χ1) is 27.1. The number of hydrogen-bond donors (Lipinski definition) is 2. The number of methoxy groups -OCH3 is 2. The first-order valence-corrected chi connectivity index (χ1v) is 20.9. The SMILES string of the molecule is CCCCCOC(=O)COc1cc(N2C(=O)C3=C(CCCC3)C2=O)c(F)cc1Cl.CCS(=O)(=O)c1cccnc1S(=O)(=O)NC(=O)Nc1nc(OC)cc(OC)n1. The Balaban J connectivity index is 0.000000253. The number of halogens is 2. The molecule has 3 heterocycles. The molecule has 3 aromatic rings. The van der Waals surface area contributed by atoms with Gasteiger partial charge in [-0.05, 0) is 50.3 Å². The van der Waals surface area contributed by atoms with Crippen LogP contribution in [0.2, 0.25) is 5.02 Å². The predicted molar refractivity (Wildman–Crippen MR) is 202 cm³/mol. The van der Waals surface area contributed by atoms with Crippen LogP contribution >= 0.6 is 11.6 Å². The molecule has 0 fully saturated rings. The number of anilines is 2. The number of esters is 1. The van der Waals surface area contributed by atoms with Crippen LogP contribution in [0.25, 0.3) is 0 Å². The predicted octanol–water partition coefficient (Wildman–Crippen LogP) is 4.53. The van der Waals surface area contributed by atoms with Crippen LogP contribution in [0.15, 0.2) is 57.6 Å². The van der Waals surface area contributed by atoms with E-state index in [-0.39, 0.29) is 39.9 Å². The molecular weight excluding hydrogens is 815 g/mol. The highest BCUT2D eigenvalue weighted by Gasteiger charge is 2.41. The zero-order chi connectivity index (χ0) is 41.9. The minimum absolute atomic E-state index is 0.000883. The van der Waals surface area contributed by atoms with Gasteiger partial charge < -0.3 is 18.9 Å². The lowest BCUT2D eigenvalue weighted by Gasteiger charge is -2.18. The van der Waals surface area contributed by atoms with E-state index in [9.17, 15) is 40.4 Å². The van der Waals surface area contributed by atoms with Crippen molar-refractivity contribution in [3.63, 3.8) is 0 Å². The topological polar surface area (TPSA) is 239 Å². The van der Waals surface area contributed by atoms with Gasteiger partial charge in [-0.3, -0.25) is 14.9 Å². The summed E-state index contributed by atoms with van der Waals surface area (Å²) in [6, 6.07) is 4.62. The van der Waals surface area contributed by atoms with E-state index in [1.54, 1.807) is 4.72 Å². The van der Waals surface area contributed by atoms with Gasteiger partial charge in [-0.15, -0.1) is 0 Å². The summed E-state index contributed by atoms with van der Waals surface area (Å²) in [6.45, 7) is 3.28. The second kappa shape index (κ2) is 19.6. The molecule has 0 saturated carbocycles. The zero-order valence-corrected chi connectivity index (χ0v) is 33.7. The number of imide groups is 1. The first kappa shape index (κ1) is 44.3. The molecule has 2 aromatic heterocycles. The van der Waals surface area contributed by atoms with Crippen LogP contribution in [0.5, 0.6) is 17.5 Å². The van der Waals surface area contributed by atoms with Crippen LogP contribution in [0.4, 0.5) is 20.8 Å². The molecular formula is C35H40ClFN6O12S2. The van der Waals surface area contributed by atoms with E-state index >= 15 is 0 Å². The minimum atomic E-state index is -4.61. The molecule has 0 spiro atoms. The van der Waals surface area contributed by atoms with E-state index in [0.29, 0.717) is 30.6 Å². The van der Waals surface area contributed by atoms with Crippen molar-refractivity contribution in [3.8, 4) is 17.5 Å². The highest BCUT2D eigenvalue weighted by molar-refractivity contribution is 7.93. The van der Waals surface area contributed by atoms with Crippen LogP contribution in [-0.4, -0.2) is 88.8 Å². The fourth-order valence-corrected chi connectivity index (χ4v) is 8.17. The third kappa shape index (κ3) is 11.1. The lowest BCUT2D eigenvalue weighted by molar-refractivity contribution is -0.146. The molecule has 1 aromatic carbocycles.